The Morgan fingerprint density at radius 1 is 1.30 bits per heavy atom. The van der Waals surface area contributed by atoms with Crippen molar-refractivity contribution < 1.29 is 4.52 Å². The molecule has 0 unspecified atom stereocenters. The molecular formula is C18H26N4O. The van der Waals surface area contributed by atoms with Crippen molar-refractivity contribution in [3.8, 4) is 0 Å². The van der Waals surface area contributed by atoms with E-state index in [1.54, 1.807) is 0 Å². The minimum atomic E-state index is 0.448. The van der Waals surface area contributed by atoms with Crippen LogP contribution in [0.4, 0.5) is 0 Å². The van der Waals surface area contributed by atoms with Crippen LogP contribution >= 0.6 is 0 Å². The van der Waals surface area contributed by atoms with Crippen LogP contribution < -0.4 is 0 Å². The fourth-order valence-corrected chi connectivity index (χ4v) is 3.10. The van der Waals surface area contributed by atoms with Gasteiger partial charge in [-0.2, -0.15) is 4.98 Å². The number of aryl methyl sites for hydroxylation is 1. The van der Waals surface area contributed by atoms with Gasteiger partial charge in [0.05, 0.1) is 6.54 Å². The fraction of sp³-hybridized carbons (Fsp3) is 0.556. The summed E-state index contributed by atoms with van der Waals surface area (Å²) in [7, 11) is 2.13. The van der Waals surface area contributed by atoms with E-state index in [-0.39, 0.29) is 0 Å². The smallest absolute Gasteiger partial charge is 0.226 e. The molecule has 1 aromatic carbocycles. The van der Waals surface area contributed by atoms with E-state index in [0.717, 1.165) is 44.8 Å². The van der Waals surface area contributed by atoms with Gasteiger partial charge in [-0.3, -0.25) is 9.80 Å². The Hall–Kier alpha value is -1.72. The van der Waals surface area contributed by atoms with Gasteiger partial charge in [-0.15, -0.1) is 0 Å². The Kier molecular flexibility index (Phi) is 5.08. The minimum absolute atomic E-state index is 0.448. The Balaban J connectivity index is 1.53. The molecule has 1 aliphatic heterocycles. The van der Waals surface area contributed by atoms with Gasteiger partial charge in [-0.25, -0.2) is 0 Å². The maximum absolute atomic E-state index is 5.19. The number of aromatic nitrogens is 2. The molecule has 1 atom stereocenters. The Bertz CT molecular complexity index is 639. The molecule has 3 rings (SSSR count). The molecule has 0 N–H and O–H groups in total. The van der Waals surface area contributed by atoms with Crippen LogP contribution in [0.15, 0.2) is 28.8 Å². The van der Waals surface area contributed by atoms with E-state index in [1.807, 2.05) is 6.92 Å². The topological polar surface area (TPSA) is 45.4 Å². The second-order valence-electron chi connectivity index (χ2n) is 6.48. The van der Waals surface area contributed by atoms with Crippen LogP contribution in [-0.4, -0.2) is 46.1 Å². The SMILES string of the molecule is CCc1nc(CN(C)[C@H](C)CN2CCc3ccccc3C2)no1. The molecule has 2 aromatic rings. The number of fused-ring (bicyclic) bond motifs is 1. The summed E-state index contributed by atoms with van der Waals surface area (Å²) in [5, 5.41) is 4.04. The van der Waals surface area contributed by atoms with Gasteiger partial charge < -0.3 is 4.52 Å². The van der Waals surface area contributed by atoms with Crippen molar-refractivity contribution in [2.45, 2.75) is 45.8 Å². The zero-order chi connectivity index (χ0) is 16.2. The van der Waals surface area contributed by atoms with Crippen molar-refractivity contribution in [2.24, 2.45) is 0 Å². The van der Waals surface area contributed by atoms with Crippen LogP contribution in [0.2, 0.25) is 0 Å². The van der Waals surface area contributed by atoms with Crippen molar-refractivity contribution >= 4 is 0 Å². The van der Waals surface area contributed by atoms with Crippen molar-refractivity contribution in [3.05, 3.63) is 47.1 Å². The van der Waals surface area contributed by atoms with Crippen molar-refractivity contribution in [2.75, 3.05) is 20.1 Å². The molecule has 2 heterocycles. The number of nitrogens with zero attached hydrogens (tertiary/aromatic N) is 4. The molecule has 1 aromatic heterocycles. The van der Waals surface area contributed by atoms with E-state index < -0.39 is 0 Å². The Labute approximate surface area is 138 Å². The second kappa shape index (κ2) is 7.23. The first kappa shape index (κ1) is 16.1. The van der Waals surface area contributed by atoms with E-state index >= 15 is 0 Å². The van der Waals surface area contributed by atoms with Crippen LogP contribution in [-0.2, 0) is 25.9 Å². The first-order valence-electron chi connectivity index (χ1n) is 8.46. The average molecular weight is 314 g/mol. The molecule has 0 bridgehead atoms. The normalized spacial score (nSPS) is 16.5. The lowest BCUT2D eigenvalue weighted by molar-refractivity contribution is 0.154. The summed E-state index contributed by atoms with van der Waals surface area (Å²) < 4.78 is 5.19. The molecule has 0 amide bonds. The molecule has 124 valence electrons. The molecular weight excluding hydrogens is 288 g/mol. The predicted octanol–water partition coefficient (Wildman–Crippen LogP) is 2.51. The number of benzene rings is 1. The standard InChI is InChI=1S/C18H26N4O/c1-4-18-19-17(20-23-18)13-21(3)14(2)11-22-10-9-15-7-5-6-8-16(15)12-22/h5-8,14H,4,9-13H2,1-3H3/t14-/m1/s1. The van der Waals surface area contributed by atoms with Crippen LogP contribution in [0.1, 0.15) is 36.7 Å². The third-order valence-electron chi connectivity index (χ3n) is 4.69. The van der Waals surface area contributed by atoms with Crippen LogP contribution in [0, 0.1) is 0 Å². The molecule has 0 radical (unpaired) electrons. The lowest BCUT2D eigenvalue weighted by Gasteiger charge is -2.33. The number of rotatable bonds is 6. The average Bonchev–Trinajstić information content (AvgIpc) is 3.02. The van der Waals surface area contributed by atoms with Crippen LogP contribution in [0.5, 0.6) is 0 Å². The lowest BCUT2D eigenvalue weighted by atomic mass is 9.99. The van der Waals surface area contributed by atoms with Gasteiger partial charge in [0, 0.05) is 32.1 Å². The molecule has 5 nitrogen and oxygen atoms in total. The fourth-order valence-electron chi connectivity index (χ4n) is 3.10. The highest BCUT2D eigenvalue weighted by atomic mass is 16.5. The van der Waals surface area contributed by atoms with E-state index in [1.165, 1.54) is 11.1 Å². The highest BCUT2D eigenvalue weighted by Gasteiger charge is 2.20. The van der Waals surface area contributed by atoms with E-state index in [9.17, 15) is 0 Å². The third kappa shape index (κ3) is 3.98. The van der Waals surface area contributed by atoms with Crippen molar-refractivity contribution in [3.63, 3.8) is 0 Å². The molecule has 0 fully saturated rings. The van der Waals surface area contributed by atoms with Gasteiger partial charge in [0.2, 0.25) is 5.89 Å². The van der Waals surface area contributed by atoms with Gasteiger partial charge >= 0.3 is 0 Å². The summed E-state index contributed by atoms with van der Waals surface area (Å²) in [6.07, 6.45) is 1.94. The highest BCUT2D eigenvalue weighted by Crippen LogP contribution is 2.19. The first-order valence-corrected chi connectivity index (χ1v) is 8.46. The summed E-state index contributed by atoms with van der Waals surface area (Å²) in [5.41, 5.74) is 2.98. The zero-order valence-corrected chi connectivity index (χ0v) is 14.3. The molecule has 5 heteroatoms. The van der Waals surface area contributed by atoms with Gasteiger partial charge in [-0.05, 0) is 31.5 Å². The lowest BCUT2D eigenvalue weighted by Crippen LogP contribution is -2.42. The summed E-state index contributed by atoms with van der Waals surface area (Å²) in [6, 6.07) is 9.23. The zero-order valence-electron chi connectivity index (χ0n) is 14.3. The third-order valence-corrected chi connectivity index (χ3v) is 4.69. The summed E-state index contributed by atoms with van der Waals surface area (Å²) in [5.74, 6) is 1.49. The van der Waals surface area contributed by atoms with Crippen LogP contribution in [0.3, 0.4) is 0 Å². The monoisotopic (exact) mass is 314 g/mol. The van der Waals surface area contributed by atoms with Gasteiger partial charge in [0.1, 0.15) is 0 Å². The number of likely N-dealkylation sites (N-methyl/N-ethyl adjacent to an activating group) is 1. The van der Waals surface area contributed by atoms with Crippen molar-refractivity contribution in [1.29, 1.82) is 0 Å². The molecule has 0 saturated carbocycles. The van der Waals surface area contributed by atoms with E-state index in [2.05, 4.69) is 58.2 Å². The quantitative estimate of drug-likeness (QED) is 0.820. The maximum atomic E-state index is 5.19. The molecule has 1 aliphatic rings. The largest absolute Gasteiger partial charge is 0.339 e. The van der Waals surface area contributed by atoms with E-state index in [4.69, 9.17) is 4.52 Å². The van der Waals surface area contributed by atoms with Crippen LogP contribution in [0.25, 0.3) is 0 Å². The summed E-state index contributed by atoms with van der Waals surface area (Å²) >= 11 is 0. The maximum Gasteiger partial charge on any atom is 0.226 e. The summed E-state index contributed by atoms with van der Waals surface area (Å²) in [6.45, 7) is 8.27. The molecule has 0 saturated heterocycles. The van der Waals surface area contributed by atoms with Gasteiger partial charge in [-0.1, -0.05) is 36.3 Å². The van der Waals surface area contributed by atoms with Crippen molar-refractivity contribution in [1.82, 2.24) is 19.9 Å². The Morgan fingerprint density at radius 3 is 2.83 bits per heavy atom. The summed E-state index contributed by atoms with van der Waals surface area (Å²) in [4.78, 5) is 9.23. The highest BCUT2D eigenvalue weighted by molar-refractivity contribution is 5.29. The number of hydrogen-bond donors (Lipinski definition) is 0. The van der Waals surface area contributed by atoms with Gasteiger partial charge in [0.25, 0.3) is 0 Å². The molecule has 0 spiro atoms. The minimum Gasteiger partial charge on any atom is -0.339 e. The Morgan fingerprint density at radius 2 is 2.09 bits per heavy atom. The predicted molar refractivity (Wildman–Crippen MR) is 90.0 cm³/mol. The molecule has 0 aliphatic carbocycles. The first-order chi connectivity index (χ1) is 11.2. The van der Waals surface area contributed by atoms with E-state index in [0.29, 0.717) is 11.9 Å². The van der Waals surface area contributed by atoms with Gasteiger partial charge in [0.15, 0.2) is 5.82 Å². The second-order valence-corrected chi connectivity index (χ2v) is 6.48. The number of hydrogen-bond acceptors (Lipinski definition) is 5. The molecule has 23 heavy (non-hydrogen) atoms.